The second-order valence-corrected chi connectivity index (χ2v) is 11.0. The molecule has 202 valence electrons. The molecule has 1 fully saturated rings. The highest BCUT2D eigenvalue weighted by Gasteiger charge is 2.35. The number of amides is 1. The van der Waals surface area contributed by atoms with Crippen LogP contribution >= 0.6 is 0 Å². The van der Waals surface area contributed by atoms with Crippen LogP contribution in [-0.2, 0) is 16.0 Å². The van der Waals surface area contributed by atoms with Crippen molar-refractivity contribution in [1.29, 1.82) is 0 Å². The maximum absolute atomic E-state index is 12.7. The van der Waals surface area contributed by atoms with Gasteiger partial charge >= 0.3 is 6.09 Å². The van der Waals surface area contributed by atoms with E-state index in [-0.39, 0.29) is 29.9 Å². The molecule has 2 aromatic carbocycles. The monoisotopic (exact) mass is 526 g/mol. The van der Waals surface area contributed by atoms with Crippen LogP contribution in [0.3, 0.4) is 0 Å². The molecule has 0 bridgehead atoms. The van der Waals surface area contributed by atoms with Crippen LogP contribution in [0.2, 0.25) is 0 Å². The first kappa shape index (κ1) is 25.5. The van der Waals surface area contributed by atoms with Crippen molar-refractivity contribution in [3.05, 3.63) is 65.7 Å². The molecule has 0 unspecified atom stereocenters. The number of imidazole rings is 1. The standard InChI is InChI=1S/C31H34N4O4/c1-18-11-12-24-26(34(18)31(38)39-3)13-14-27-28(24)33-30(35(27)23-10-6-9-20(15-23)19(2)36)29(37)25-16-21-7-4-5-8-22(21)17-32-25/h4-5,7-8,13-14,16-18,20,23,29,37H,6,9-12,15H2,1-3H3/t18-,20+,23+,29+/m0/s1. The van der Waals surface area contributed by atoms with Gasteiger partial charge in [-0.1, -0.05) is 30.7 Å². The number of nitrogens with zero attached hydrogens (tertiary/aromatic N) is 4. The highest BCUT2D eigenvalue weighted by Crippen LogP contribution is 2.42. The van der Waals surface area contributed by atoms with Crippen molar-refractivity contribution in [3.8, 4) is 0 Å². The summed E-state index contributed by atoms with van der Waals surface area (Å²) in [6, 6.07) is 13.9. The normalized spacial score (nSPS) is 22.1. The van der Waals surface area contributed by atoms with Gasteiger partial charge in [0, 0.05) is 35.1 Å². The predicted octanol–water partition coefficient (Wildman–Crippen LogP) is 5.89. The van der Waals surface area contributed by atoms with E-state index in [0.29, 0.717) is 17.9 Å². The molecule has 0 radical (unpaired) electrons. The van der Waals surface area contributed by atoms with E-state index in [4.69, 9.17) is 9.72 Å². The first-order valence-electron chi connectivity index (χ1n) is 13.8. The maximum Gasteiger partial charge on any atom is 0.414 e. The summed E-state index contributed by atoms with van der Waals surface area (Å²) >= 11 is 0. The maximum atomic E-state index is 12.7. The van der Waals surface area contributed by atoms with Crippen LogP contribution in [0.5, 0.6) is 0 Å². The molecule has 4 atom stereocenters. The minimum atomic E-state index is -1.05. The third-order valence-electron chi connectivity index (χ3n) is 8.62. The fourth-order valence-electron chi connectivity index (χ4n) is 6.52. The number of ketones is 1. The minimum Gasteiger partial charge on any atom is -0.452 e. The first-order valence-corrected chi connectivity index (χ1v) is 13.8. The Balaban J connectivity index is 1.53. The Hall–Kier alpha value is -3.78. The Bertz CT molecular complexity index is 1580. The summed E-state index contributed by atoms with van der Waals surface area (Å²) in [7, 11) is 1.40. The van der Waals surface area contributed by atoms with Gasteiger partial charge in [0.15, 0.2) is 6.10 Å². The second-order valence-electron chi connectivity index (χ2n) is 11.0. The van der Waals surface area contributed by atoms with E-state index in [9.17, 15) is 14.7 Å². The van der Waals surface area contributed by atoms with Crippen LogP contribution in [0.15, 0.2) is 48.7 Å². The number of aryl methyl sites for hydroxylation is 1. The molecule has 8 nitrogen and oxygen atoms in total. The third kappa shape index (κ3) is 4.36. The Morgan fingerprint density at radius 2 is 1.90 bits per heavy atom. The number of hydrogen-bond acceptors (Lipinski definition) is 6. The number of aromatic nitrogens is 3. The predicted molar refractivity (Wildman–Crippen MR) is 150 cm³/mol. The highest BCUT2D eigenvalue weighted by molar-refractivity contribution is 5.95. The molecule has 0 saturated heterocycles. The van der Waals surface area contributed by atoms with Crippen LogP contribution in [0.25, 0.3) is 21.8 Å². The number of hydrogen-bond donors (Lipinski definition) is 1. The van der Waals surface area contributed by atoms with Crippen LogP contribution in [0.1, 0.15) is 75.2 Å². The minimum absolute atomic E-state index is 0.00159. The van der Waals surface area contributed by atoms with Crippen LogP contribution < -0.4 is 4.90 Å². The summed E-state index contributed by atoms with van der Waals surface area (Å²) in [5.41, 5.74) is 4.01. The van der Waals surface area contributed by atoms with Crippen LogP contribution in [0, 0.1) is 5.92 Å². The molecule has 1 aliphatic carbocycles. The molecule has 4 aromatic rings. The molecule has 2 aromatic heterocycles. The quantitative estimate of drug-likeness (QED) is 0.356. The number of Topliss-reactive ketones (excluding diaryl/α,β-unsaturated/α-hetero) is 1. The average Bonchev–Trinajstić information content (AvgIpc) is 3.36. The molecule has 2 aliphatic rings. The van der Waals surface area contributed by atoms with Crippen molar-refractivity contribution >= 4 is 39.4 Å². The molecule has 1 amide bonds. The number of benzene rings is 2. The van der Waals surface area contributed by atoms with E-state index < -0.39 is 6.10 Å². The van der Waals surface area contributed by atoms with Crippen LogP contribution in [0.4, 0.5) is 10.5 Å². The molecule has 1 N–H and O–H groups in total. The van der Waals surface area contributed by atoms with E-state index in [2.05, 4.69) is 9.55 Å². The van der Waals surface area contributed by atoms with Crippen molar-refractivity contribution in [3.63, 3.8) is 0 Å². The molecular weight excluding hydrogens is 492 g/mol. The zero-order chi connectivity index (χ0) is 27.3. The number of methoxy groups -OCH3 is 1. The van der Waals surface area contributed by atoms with Gasteiger partial charge in [0.25, 0.3) is 0 Å². The van der Waals surface area contributed by atoms with Gasteiger partial charge in [-0.2, -0.15) is 0 Å². The lowest BCUT2D eigenvalue weighted by Crippen LogP contribution is -2.42. The number of carbonyl (C=O) groups excluding carboxylic acids is 2. The fraction of sp³-hybridized carbons (Fsp3) is 0.419. The lowest BCUT2D eigenvalue weighted by molar-refractivity contribution is -0.122. The number of rotatable bonds is 4. The largest absolute Gasteiger partial charge is 0.452 e. The SMILES string of the molecule is COC(=O)N1c2ccc3c(nc([C@H](O)c4cc5ccccc5cn4)n3[C@@H]3CCC[C@@H](C(C)=O)C3)c2CC[C@@H]1C. The second kappa shape index (κ2) is 10.1. The summed E-state index contributed by atoms with van der Waals surface area (Å²) < 4.78 is 7.25. The Morgan fingerprint density at radius 1 is 1.10 bits per heavy atom. The molecule has 8 heteroatoms. The van der Waals surface area contributed by atoms with Gasteiger partial charge in [0.05, 0.1) is 29.5 Å². The fourth-order valence-corrected chi connectivity index (χ4v) is 6.52. The number of carbonyl (C=O) groups is 2. The zero-order valence-electron chi connectivity index (χ0n) is 22.6. The van der Waals surface area contributed by atoms with Gasteiger partial charge in [-0.15, -0.1) is 0 Å². The lowest BCUT2D eigenvalue weighted by Gasteiger charge is -2.34. The lowest BCUT2D eigenvalue weighted by atomic mass is 9.83. The van der Waals surface area contributed by atoms with Crippen molar-refractivity contribution < 1.29 is 19.4 Å². The van der Waals surface area contributed by atoms with Crippen molar-refractivity contribution in [2.45, 2.75) is 70.6 Å². The molecule has 3 heterocycles. The van der Waals surface area contributed by atoms with Crippen molar-refractivity contribution in [2.24, 2.45) is 5.92 Å². The molecule has 1 aliphatic heterocycles. The van der Waals surface area contributed by atoms with E-state index in [1.54, 1.807) is 18.0 Å². The van der Waals surface area contributed by atoms with Gasteiger partial charge in [-0.3, -0.25) is 14.7 Å². The molecule has 39 heavy (non-hydrogen) atoms. The van der Waals surface area contributed by atoms with Gasteiger partial charge < -0.3 is 14.4 Å². The zero-order valence-corrected chi connectivity index (χ0v) is 22.6. The van der Waals surface area contributed by atoms with Crippen molar-refractivity contribution in [2.75, 3.05) is 12.0 Å². The van der Waals surface area contributed by atoms with E-state index >= 15 is 0 Å². The van der Waals surface area contributed by atoms with Gasteiger partial charge in [0.2, 0.25) is 0 Å². The summed E-state index contributed by atoms with van der Waals surface area (Å²) in [6.45, 7) is 3.69. The summed E-state index contributed by atoms with van der Waals surface area (Å²) in [5, 5.41) is 13.8. The summed E-state index contributed by atoms with van der Waals surface area (Å²) in [5.74, 6) is 0.736. The Morgan fingerprint density at radius 3 is 2.67 bits per heavy atom. The van der Waals surface area contributed by atoms with Gasteiger partial charge in [0.1, 0.15) is 11.6 Å². The average molecular weight is 527 g/mol. The molecule has 1 saturated carbocycles. The Kier molecular flexibility index (Phi) is 6.59. The van der Waals surface area contributed by atoms with Crippen LogP contribution in [-0.4, -0.2) is 44.7 Å². The number of ether oxygens (including phenoxy) is 1. The Labute approximate surface area is 227 Å². The summed E-state index contributed by atoms with van der Waals surface area (Å²) in [6.07, 6.45) is 5.35. The van der Waals surface area contributed by atoms with E-state index in [1.807, 2.05) is 49.4 Å². The highest BCUT2D eigenvalue weighted by atomic mass is 16.5. The van der Waals surface area contributed by atoms with Gasteiger partial charge in [-0.25, -0.2) is 9.78 Å². The van der Waals surface area contributed by atoms with Gasteiger partial charge in [-0.05, 0) is 69.5 Å². The number of aliphatic hydroxyl groups excluding tert-OH is 1. The number of aliphatic hydroxyl groups is 1. The topological polar surface area (TPSA) is 97.5 Å². The summed E-state index contributed by atoms with van der Waals surface area (Å²) in [4.78, 5) is 36.4. The molecular formula is C31H34N4O4. The van der Waals surface area contributed by atoms with E-state index in [1.165, 1.54) is 7.11 Å². The van der Waals surface area contributed by atoms with Crippen molar-refractivity contribution in [1.82, 2.24) is 14.5 Å². The smallest absolute Gasteiger partial charge is 0.414 e. The number of fused-ring (bicyclic) bond motifs is 4. The molecule has 6 rings (SSSR count). The third-order valence-corrected chi connectivity index (χ3v) is 8.62. The molecule has 0 spiro atoms. The number of pyridine rings is 1. The first-order chi connectivity index (χ1) is 18.9. The number of anilines is 1. The van der Waals surface area contributed by atoms with E-state index in [0.717, 1.165) is 65.2 Å².